The number of aromatic nitrogens is 2. The van der Waals surface area contributed by atoms with Gasteiger partial charge in [0.25, 0.3) is 0 Å². The lowest BCUT2D eigenvalue weighted by Gasteiger charge is -2.05. The van der Waals surface area contributed by atoms with E-state index in [4.69, 9.17) is 0 Å². The molecule has 0 bridgehead atoms. The van der Waals surface area contributed by atoms with Gasteiger partial charge in [-0.25, -0.2) is 17.5 Å². The predicted octanol–water partition coefficient (Wildman–Crippen LogP) is 2.87. The first-order valence-corrected chi connectivity index (χ1v) is 9.45. The maximum atomic E-state index is 13.1. The van der Waals surface area contributed by atoms with Crippen molar-refractivity contribution in [3.05, 3.63) is 66.2 Å². The molecule has 1 N–H and O–H groups in total. The van der Waals surface area contributed by atoms with Gasteiger partial charge in [0.05, 0.1) is 12.4 Å². The van der Waals surface area contributed by atoms with Crippen LogP contribution in [0.5, 0.6) is 0 Å². The zero-order valence-corrected chi connectivity index (χ0v) is 14.1. The molecule has 0 saturated heterocycles. The van der Waals surface area contributed by atoms with E-state index in [9.17, 15) is 12.8 Å². The molecule has 0 saturated carbocycles. The summed E-state index contributed by atoms with van der Waals surface area (Å²) in [5, 5.41) is 7.48. The largest absolute Gasteiger partial charge is 0.250 e. The summed E-state index contributed by atoms with van der Waals surface area (Å²) < 4.78 is 40.5. The summed E-state index contributed by atoms with van der Waals surface area (Å²) in [6, 6.07) is 11.2. The van der Waals surface area contributed by atoms with Crippen molar-refractivity contribution < 1.29 is 12.8 Å². The molecule has 0 atom stereocenters. The third-order valence-corrected chi connectivity index (χ3v) is 6.40. The number of benzene rings is 1. The van der Waals surface area contributed by atoms with E-state index in [0.717, 1.165) is 27.3 Å². The van der Waals surface area contributed by atoms with Crippen LogP contribution in [0, 0.1) is 5.82 Å². The highest BCUT2D eigenvalue weighted by molar-refractivity contribution is 7.91. The van der Waals surface area contributed by atoms with Crippen molar-refractivity contribution in [3.63, 3.8) is 0 Å². The topological polar surface area (TPSA) is 72.0 Å². The average Bonchev–Trinajstić information content (AvgIpc) is 3.07. The summed E-state index contributed by atoms with van der Waals surface area (Å²) in [5.41, 5.74) is 1.56. The minimum absolute atomic E-state index is 0.204. The summed E-state index contributed by atoms with van der Waals surface area (Å²) in [4.78, 5) is 0.801. The molecule has 2 heterocycles. The molecular formula is C16H14FN3O2S2. The maximum Gasteiger partial charge on any atom is 0.250 e. The fraction of sp³-hybridized carbons (Fsp3) is 0.125. The zero-order valence-electron chi connectivity index (χ0n) is 12.5. The minimum Gasteiger partial charge on any atom is -0.210 e. The van der Waals surface area contributed by atoms with E-state index in [1.54, 1.807) is 42.7 Å². The van der Waals surface area contributed by atoms with Crippen LogP contribution in [0.15, 0.2) is 59.1 Å². The van der Waals surface area contributed by atoms with Crippen LogP contribution in [-0.2, 0) is 16.4 Å². The summed E-state index contributed by atoms with van der Waals surface area (Å²) in [6.45, 7) is 0.204. The highest BCUT2D eigenvalue weighted by atomic mass is 32.2. The number of hydrogen-bond acceptors (Lipinski definition) is 5. The monoisotopic (exact) mass is 363 g/mol. The van der Waals surface area contributed by atoms with Gasteiger partial charge in [-0.1, -0.05) is 12.1 Å². The molecule has 0 amide bonds. The van der Waals surface area contributed by atoms with E-state index in [2.05, 4.69) is 14.9 Å². The normalized spacial score (nSPS) is 11.5. The Hall–Kier alpha value is -2.16. The lowest BCUT2D eigenvalue weighted by molar-refractivity contribution is 0.583. The Kier molecular flexibility index (Phi) is 4.98. The lowest BCUT2D eigenvalue weighted by Crippen LogP contribution is -2.25. The number of sulfonamides is 1. The van der Waals surface area contributed by atoms with Crippen LogP contribution in [0.2, 0.25) is 0 Å². The van der Waals surface area contributed by atoms with Gasteiger partial charge in [0.15, 0.2) is 0 Å². The van der Waals surface area contributed by atoms with Crippen molar-refractivity contribution in [3.8, 4) is 10.4 Å². The van der Waals surface area contributed by atoms with E-state index < -0.39 is 10.0 Å². The fourth-order valence-corrected chi connectivity index (χ4v) is 4.52. The van der Waals surface area contributed by atoms with Crippen molar-refractivity contribution in [2.24, 2.45) is 0 Å². The van der Waals surface area contributed by atoms with Crippen LogP contribution >= 0.6 is 11.3 Å². The number of hydrogen-bond donors (Lipinski definition) is 1. The molecule has 0 radical (unpaired) electrons. The molecule has 1 aromatic carbocycles. The van der Waals surface area contributed by atoms with Crippen LogP contribution in [0.25, 0.3) is 10.4 Å². The SMILES string of the molecule is O=S(=O)(NCCc1cccc(F)c1)c1ccc(-c2ccnnc2)s1. The van der Waals surface area contributed by atoms with E-state index in [1.807, 2.05) is 0 Å². The second kappa shape index (κ2) is 7.16. The van der Waals surface area contributed by atoms with Gasteiger partial charge in [0.1, 0.15) is 10.0 Å². The third kappa shape index (κ3) is 4.02. The van der Waals surface area contributed by atoms with Crippen molar-refractivity contribution >= 4 is 21.4 Å². The number of thiophene rings is 1. The average molecular weight is 363 g/mol. The quantitative estimate of drug-likeness (QED) is 0.731. The lowest BCUT2D eigenvalue weighted by atomic mass is 10.1. The Bertz CT molecular complexity index is 927. The Balaban J connectivity index is 1.66. The highest BCUT2D eigenvalue weighted by Gasteiger charge is 2.17. The predicted molar refractivity (Wildman–Crippen MR) is 90.6 cm³/mol. The second-order valence-electron chi connectivity index (χ2n) is 5.03. The molecule has 5 nitrogen and oxygen atoms in total. The Morgan fingerprint density at radius 2 is 2.00 bits per heavy atom. The Labute approximate surface area is 143 Å². The van der Waals surface area contributed by atoms with Crippen LogP contribution in [-0.4, -0.2) is 25.2 Å². The number of halogens is 1. The molecule has 24 heavy (non-hydrogen) atoms. The van der Waals surface area contributed by atoms with Crippen molar-refractivity contribution in [2.75, 3.05) is 6.54 Å². The van der Waals surface area contributed by atoms with E-state index in [1.165, 1.54) is 12.1 Å². The van der Waals surface area contributed by atoms with Gasteiger partial charge >= 0.3 is 0 Å². The van der Waals surface area contributed by atoms with Gasteiger partial charge in [-0.05, 0) is 42.3 Å². The summed E-state index contributed by atoms with van der Waals surface area (Å²) >= 11 is 1.16. The molecular weight excluding hydrogens is 349 g/mol. The fourth-order valence-electron chi connectivity index (χ4n) is 2.15. The molecule has 8 heteroatoms. The maximum absolute atomic E-state index is 13.1. The minimum atomic E-state index is -3.59. The zero-order chi connectivity index (χ0) is 17.0. The highest BCUT2D eigenvalue weighted by Crippen LogP contribution is 2.29. The smallest absolute Gasteiger partial charge is 0.210 e. The molecule has 0 aliphatic rings. The number of nitrogens with zero attached hydrogens (tertiary/aromatic N) is 2. The summed E-state index contributed by atoms with van der Waals surface area (Å²) in [7, 11) is -3.59. The van der Waals surface area contributed by atoms with Gasteiger partial charge in [0, 0.05) is 17.0 Å². The molecule has 0 fully saturated rings. The van der Waals surface area contributed by atoms with Crippen LogP contribution in [0.4, 0.5) is 4.39 Å². The van der Waals surface area contributed by atoms with Gasteiger partial charge in [-0.3, -0.25) is 0 Å². The second-order valence-corrected chi connectivity index (χ2v) is 8.11. The Morgan fingerprint density at radius 3 is 2.75 bits per heavy atom. The number of rotatable bonds is 6. The van der Waals surface area contributed by atoms with Crippen molar-refractivity contribution in [2.45, 2.75) is 10.6 Å². The summed E-state index contributed by atoms with van der Waals surface area (Å²) in [6.07, 6.45) is 3.56. The molecule has 124 valence electrons. The first-order chi connectivity index (χ1) is 11.5. The standard InChI is InChI=1S/C16H14FN3O2S2/c17-14-3-1-2-12(10-14)6-9-20-24(21,22)16-5-4-15(23-16)13-7-8-18-19-11-13/h1-5,7-8,10-11,20H,6,9H2. The molecule has 0 aliphatic heterocycles. The van der Waals surface area contributed by atoms with Gasteiger partial charge in [0.2, 0.25) is 10.0 Å². The van der Waals surface area contributed by atoms with E-state index in [-0.39, 0.29) is 16.6 Å². The molecule has 3 aromatic rings. The van der Waals surface area contributed by atoms with Gasteiger partial charge in [-0.2, -0.15) is 10.2 Å². The van der Waals surface area contributed by atoms with E-state index in [0.29, 0.717) is 6.42 Å². The molecule has 2 aromatic heterocycles. The summed E-state index contributed by atoms with van der Waals surface area (Å²) in [5.74, 6) is -0.329. The van der Waals surface area contributed by atoms with Crippen LogP contribution < -0.4 is 4.72 Å². The first-order valence-electron chi connectivity index (χ1n) is 7.16. The Morgan fingerprint density at radius 1 is 1.12 bits per heavy atom. The van der Waals surface area contributed by atoms with Gasteiger partial charge in [-0.15, -0.1) is 11.3 Å². The first kappa shape index (κ1) is 16.7. The molecule has 0 aliphatic carbocycles. The molecule has 0 spiro atoms. The van der Waals surface area contributed by atoms with Gasteiger partial charge < -0.3 is 0 Å². The van der Waals surface area contributed by atoms with Crippen molar-refractivity contribution in [1.29, 1.82) is 0 Å². The van der Waals surface area contributed by atoms with Crippen LogP contribution in [0.3, 0.4) is 0 Å². The van der Waals surface area contributed by atoms with E-state index >= 15 is 0 Å². The van der Waals surface area contributed by atoms with Crippen LogP contribution in [0.1, 0.15) is 5.56 Å². The third-order valence-electron chi connectivity index (χ3n) is 3.31. The van der Waals surface area contributed by atoms with Crippen molar-refractivity contribution in [1.82, 2.24) is 14.9 Å². The molecule has 0 unspecified atom stereocenters. The number of nitrogens with one attached hydrogen (secondary N) is 1. The molecule has 3 rings (SSSR count).